The van der Waals surface area contributed by atoms with Gasteiger partial charge in [-0.3, -0.25) is 14.2 Å². The maximum atomic E-state index is 14.8. The number of phenolic OH excluding ortho intramolecular Hbond substituents is 2. The number of amides is 1. The minimum atomic E-state index is -4.35. The van der Waals surface area contributed by atoms with Gasteiger partial charge in [0.15, 0.2) is 0 Å². The van der Waals surface area contributed by atoms with Crippen LogP contribution in [-0.4, -0.2) is 71.2 Å². The fourth-order valence-corrected chi connectivity index (χ4v) is 14.4. The summed E-state index contributed by atoms with van der Waals surface area (Å²) in [6.45, 7) is 10.5. The van der Waals surface area contributed by atoms with Gasteiger partial charge < -0.3 is 15.1 Å². The molecule has 0 aromatic heterocycles. The van der Waals surface area contributed by atoms with Crippen LogP contribution in [0.1, 0.15) is 250 Å². The van der Waals surface area contributed by atoms with E-state index in [1.54, 1.807) is 45.0 Å². The average Bonchev–Trinajstić information content (AvgIpc) is 1.07. The Hall–Kier alpha value is -5.30. The molecular formula is C68H104N6O9S3. The molecule has 15 nitrogen and oxygen atoms in total. The Labute approximate surface area is 517 Å². The van der Waals surface area contributed by atoms with Gasteiger partial charge in [-0.2, -0.15) is 5.11 Å². The third-order valence-electron chi connectivity index (χ3n) is 15.9. The van der Waals surface area contributed by atoms with E-state index in [0.29, 0.717) is 23.9 Å². The van der Waals surface area contributed by atoms with Gasteiger partial charge in [-0.1, -0.05) is 243 Å². The fraction of sp³-hybridized carbons (Fsp3) is 0.603. The first-order valence-corrected chi connectivity index (χ1v) is 37.4. The van der Waals surface area contributed by atoms with Crippen molar-refractivity contribution in [3.8, 4) is 11.5 Å². The van der Waals surface area contributed by atoms with Gasteiger partial charge in [0, 0.05) is 40.2 Å². The van der Waals surface area contributed by atoms with Gasteiger partial charge in [-0.25, -0.2) is 30.0 Å². The zero-order valence-electron chi connectivity index (χ0n) is 52.9. The summed E-state index contributed by atoms with van der Waals surface area (Å²) in [5.41, 5.74) is -0.709. The Bertz CT molecular complexity index is 3200. The highest BCUT2D eigenvalue weighted by Crippen LogP contribution is 2.43. The van der Waals surface area contributed by atoms with Crippen molar-refractivity contribution in [2.75, 3.05) is 28.8 Å². The average molecular weight is 1250 g/mol. The van der Waals surface area contributed by atoms with Crippen LogP contribution in [0.3, 0.4) is 0 Å². The van der Waals surface area contributed by atoms with E-state index in [1.165, 1.54) is 215 Å². The molecule has 0 aliphatic heterocycles. The van der Waals surface area contributed by atoms with E-state index in [1.807, 2.05) is 4.90 Å². The van der Waals surface area contributed by atoms with Gasteiger partial charge in [0.2, 0.25) is 20.0 Å². The van der Waals surface area contributed by atoms with Gasteiger partial charge in [0.05, 0.1) is 39.5 Å². The molecule has 478 valence electrons. The Balaban J connectivity index is 1.28. The summed E-state index contributed by atoms with van der Waals surface area (Å²) < 4.78 is 88.2. The van der Waals surface area contributed by atoms with Crippen LogP contribution in [0.5, 0.6) is 11.5 Å². The number of aromatic hydroxyl groups is 2. The smallest absolute Gasteiger partial charge is 0.261 e. The number of nitrogens with one attached hydrogen (secondary N) is 3. The van der Waals surface area contributed by atoms with E-state index in [9.17, 15) is 40.3 Å². The Morgan fingerprint density at radius 1 is 0.477 bits per heavy atom. The molecule has 18 heteroatoms. The van der Waals surface area contributed by atoms with Gasteiger partial charge in [-0.05, 0) is 76.1 Å². The number of rotatable bonds is 44. The SMILES string of the molecule is CCCCCCCCCCCCCCCCCCN(CCCCCCCCCCCCCCCCCC)C(=O)c1cc(NS(=O)(=O)c2ccc(N=Nc3cc(S(=O)(=O)NC(C)(C)C)c(O)c4cccc(NS(C)(=O)=O)c34)cc2)c2ccccc2c1O. The quantitative estimate of drug-likeness (QED) is 0.0142. The van der Waals surface area contributed by atoms with Gasteiger partial charge in [0.1, 0.15) is 16.4 Å². The highest BCUT2D eigenvalue weighted by Gasteiger charge is 2.29. The molecule has 0 fully saturated rings. The van der Waals surface area contributed by atoms with E-state index in [-0.39, 0.29) is 55.6 Å². The molecule has 0 aliphatic rings. The fourth-order valence-electron chi connectivity index (χ4n) is 11.3. The lowest BCUT2D eigenvalue weighted by molar-refractivity contribution is 0.0746. The van der Waals surface area contributed by atoms with E-state index < -0.39 is 46.3 Å². The maximum Gasteiger partial charge on any atom is 0.261 e. The van der Waals surface area contributed by atoms with Crippen molar-refractivity contribution >= 4 is 80.3 Å². The molecule has 0 spiro atoms. The number of hydrogen-bond donors (Lipinski definition) is 5. The highest BCUT2D eigenvalue weighted by molar-refractivity contribution is 7.92. The minimum Gasteiger partial charge on any atom is -0.506 e. The summed E-state index contributed by atoms with van der Waals surface area (Å²) in [6.07, 6.45) is 40.9. The second-order valence-electron chi connectivity index (χ2n) is 24.8. The summed E-state index contributed by atoms with van der Waals surface area (Å²) in [6, 6.07) is 19.1. The molecule has 5 rings (SSSR count). The number of carbonyl (C=O) groups excluding carboxylic acids is 1. The van der Waals surface area contributed by atoms with Crippen LogP contribution in [0.25, 0.3) is 21.5 Å². The molecule has 1 amide bonds. The first-order chi connectivity index (χ1) is 41.2. The number of sulfonamides is 3. The van der Waals surface area contributed by atoms with Crippen molar-refractivity contribution in [3.63, 3.8) is 0 Å². The molecule has 0 saturated heterocycles. The largest absolute Gasteiger partial charge is 0.506 e. The normalized spacial score (nSPS) is 12.4. The first-order valence-electron chi connectivity index (χ1n) is 32.5. The topological polar surface area (TPSA) is 224 Å². The van der Waals surface area contributed by atoms with E-state index in [4.69, 9.17) is 0 Å². The molecule has 5 N–H and O–H groups in total. The van der Waals surface area contributed by atoms with Crippen molar-refractivity contribution in [2.45, 2.75) is 255 Å². The lowest BCUT2D eigenvalue weighted by atomic mass is 10.0. The summed E-state index contributed by atoms with van der Waals surface area (Å²) in [5.74, 6) is -1.18. The van der Waals surface area contributed by atoms with E-state index in [2.05, 4.69) is 38.2 Å². The summed E-state index contributed by atoms with van der Waals surface area (Å²) >= 11 is 0. The highest BCUT2D eigenvalue weighted by atomic mass is 32.2. The number of hydrogen-bond acceptors (Lipinski definition) is 11. The second-order valence-corrected chi connectivity index (χ2v) is 29.8. The predicted octanol–water partition coefficient (Wildman–Crippen LogP) is 19.0. The van der Waals surface area contributed by atoms with Crippen molar-refractivity contribution in [3.05, 3.63) is 84.4 Å². The number of carbonyl (C=O) groups is 1. The number of nitrogens with zero attached hydrogens (tertiary/aromatic N) is 3. The summed E-state index contributed by atoms with van der Waals surface area (Å²) in [4.78, 5) is 16.0. The van der Waals surface area contributed by atoms with Crippen LogP contribution in [0.15, 0.2) is 98.9 Å². The molecular weight excluding hydrogens is 1140 g/mol. The Kier molecular flexibility index (Phi) is 30.6. The van der Waals surface area contributed by atoms with Gasteiger partial charge >= 0.3 is 0 Å². The second kappa shape index (κ2) is 36.9. The number of fused-ring (bicyclic) bond motifs is 2. The van der Waals surface area contributed by atoms with Crippen LogP contribution in [0.2, 0.25) is 0 Å². The molecule has 0 atom stereocenters. The van der Waals surface area contributed by atoms with Crippen molar-refractivity contribution in [2.24, 2.45) is 10.2 Å². The first kappa shape index (κ1) is 71.5. The monoisotopic (exact) mass is 1240 g/mol. The molecule has 0 saturated carbocycles. The molecule has 0 radical (unpaired) electrons. The van der Waals surface area contributed by atoms with Crippen molar-refractivity contribution in [1.82, 2.24) is 9.62 Å². The standard InChI is InChI=1S/C68H104N6O9S3/c1-7-9-11-13-15-17-19-21-23-25-27-29-31-33-35-39-50-74(51-40-36-34-32-30-28-26-24-22-20-18-16-14-12-10-8-2)67(77)59-52-61(56-42-37-38-43-57(56)65(59)75)72-85(80,81)55-48-46-54(47-49-55)69-70-62-53-63(86(82,83)73-68(3,4)5)66(76)58-44-41-45-60(64(58)62)71-84(6,78)79/h37-38,41-49,52-53,71-73,75-76H,7-36,39-40,50-51H2,1-6H3. The summed E-state index contributed by atoms with van der Waals surface area (Å²) in [7, 11) is -12.5. The van der Waals surface area contributed by atoms with Crippen molar-refractivity contribution in [1.29, 1.82) is 0 Å². The third kappa shape index (κ3) is 24.7. The van der Waals surface area contributed by atoms with Crippen LogP contribution in [-0.2, 0) is 30.1 Å². The van der Waals surface area contributed by atoms with Crippen LogP contribution >= 0.6 is 0 Å². The Morgan fingerprint density at radius 2 is 0.907 bits per heavy atom. The molecule has 0 aliphatic carbocycles. The van der Waals surface area contributed by atoms with Crippen LogP contribution < -0.4 is 14.2 Å². The number of anilines is 2. The zero-order valence-corrected chi connectivity index (χ0v) is 55.3. The van der Waals surface area contributed by atoms with Crippen LogP contribution in [0.4, 0.5) is 22.7 Å². The maximum absolute atomic E-state index is 14.8. The van der Waals surface area contributed by atoms with Gasteiger partial charge in [0.25, 0.3) is 15.9 Å². The third-order valence-corrected chi connectivity index (χ3v) is 19.6. The molecule has 5 aromatic carbocycles. The lowest BCUT2D eigenvalue weighted by Crippen LogP contribution is -2.40. The number of phenols is 2. The number of azo groups is 1. The molecule has 0 bridgehead atoms. The summed E-state index contributed by atoms with van der Waals surface area (Å²) in [5, 5.41) is 32.5. The number of benzene rings is 5. The van der Waals surface area contributed by atoms with E-state index >= 15 is 0 Å². The Morgan fingerprint density at radius 3 is 1.35 bits per heavy atom. The van der Waals surface area contributed by atoms with E-state index in [0.717, 1.165) is 50.8 Å². The molecule has 86 heavy (non-hydrogen) atoms. The van der Waals surface area contributed by atoms with Gasteiger partial charge in [-0.15, -0.1) is 5.11 Å². The molecule has 0 heterocycles. The molecule has 5 aromatic rings. The zero-order chi connectivity index (χ0) is 62.4. The predicted molar refractivity (Wildman–Crippen MR) is 356 cm³/mol. The van der Waals surface area contributed by atoms with Crippen molar-refractivity contribution < 1.29 is 40.3 Å². The molecule has 0 unspecified atom stereocenters. The number of unbranched alkanes of at least 4 members (excludes halogenated alkanes) is 30. The lowest BCUT2D eigenvalue weighted by Gasteiger charge is -2.24. The minimum absolute atomic E-state index is 0.0120. The van der Waals surface area contributed by atoms with Crippen LogP contribution in [0, 0.1) is 0 Å².